The molecule has 1 heterocycles. The summed E-state index contributed by atoms with van der Waals surface area (Å²) in [6.07, 6.45) is 3.07. The zero-order chi connectivity index (χ0) is 20.2. The third-order valence-corrected chi connectivity index (χ3v) is 5.87. The van der Waals surface area contributed by atoms with Crippen molar-refractivity contribution in [1.82, 2.24) is 4.98 Å². The number of H-pyrrole nitrogens is 1. The highest BCUT2D eigenvalue weighted by Crippen LogP contribution is 2.38. The summed E-state index contributed by atoms with van der Waals surface area (Å²) in [5.74, 6) is -2.02. The van der Waals surface area contributed by atoms with Crippen molar-refractivity contribution in [3.8, 4) is 0 Å². The van der Waals surface area contributed by atoms with Gasteiger partial charge in [0.1, 0.15) is 0 Å². The maximum absolute atomic E-state index is 13.6. The van der Waals surface area contributed by atoms with Crippen LogP contribution in [0, 0.1) is 11.6 Å². The van der Waals surface area contributed by atoms with Gasteiger partial charge in [-0.15, -0.1) is 12.4 Å². The maximum atomic E-state index is 13.6. The van der Waals surface area contributed by atoms with Crippen molar-refractivity contribution in [2.75, 3.05) is 5.32 Å². The molecule has 0 aliphatic heterocycles. The lowest BCUT2D eigenvalue weighted by Crippen LogP contribution is -2.43. The molecule has 1 amide bonds. The third-order valence-electron chi connectivity index (χ3n) is 5.87. The smallest absolute Gasteiger partial charge is 0.255 e. The summed E-state index contributed by atoms with van der Waals surface area (Å²) in [6.45, 7) is 0. The number of hydrogen-bond donors (Lipinski definition) is 3. The number of amides is 1. The molecular weight excluding hydrogens is 408 g/mol. The molecule has 154 valence electrons. The van der Waals surface area contributed by atoms with Gasteiger partial charge in [0.15, 0.2) is 11.6 Å². The number of nitrogens with one attached hydrogen (secondary N) is 2. The zero-order valence-electron chi connectivity index (χ0n) is 16.0. The van der Waals surface area contributed by atoms with Gasteiger partial charge in [0, 0.05) is 44.7 Å². The van der Waals surface area contributed by atoms with E-state index in [2.05, 4.69) is 10.3 Å². The summed E-state index contributed by atoms with van der Waals surface area (Å²) < 4.78 is 27.1. The van der Waals surface area contributed by atoms with Crippen LogP contribution in [-0.2, 0) is 5.54 Å². The fourth-order valence-electron chi connectivity index (χ4n) is 3.98. The fraction of sp³-hybridized carbons (Fsp3) is 0.174. The summed E-state index contributed by atoms with van der Waals surface area (Å²) in [5, 5.41) is 4.22. The minimum Gasteiger partial charge on any atom is -0.354 e. The van der Waals surface area contributed by atoms with Crippen LogP contribution in [0.4, 0.5) is 14.5 Å². The average molecular weight is 428 g/mol. The van der Waals surface area contributed by atoms with Gasteiger partial charge in [-0.1, -0.05) is 18.2 Å². The Kier molecular flexibility index (Phi) is 5.00. The molecule has 1 saturated carbocycles. The van der Waals surface area contributed by atoms with E-state index in [1.54, 1.807) is 30.3 Å². The molecule has 3 aromatic carbocycles. The average Bonchev–Trinajstić information content (AvgIpc) is 3.03. The lowest BCUT2D eigenvalue weighted by molar-refractivity contribution is 0.102. The molecule has 1 fully saturated rings. The van der Waals surface area contributed by atoms with Gasteiger partial charge in [-0.3, -0.25) is 4.79 Å². The molecule has 1 aliphatic carbocycles. The maximum Gasteiger partial charge on any atom is 0.255 e. The van der Waals surface area contributed by atoms with Gasteiger partial charge in [0.25, 0.3) is 5.91 Å². The third kappa shape index (κ3) is 3.32. The molecule has 30 heavy (non-hydrogen) atoms. The van der Waals surface area contributed by atoms with Crippen LogP contribution in [0.2, 0.25) is 0 Å². The van der Waals surface area contributed by atoms with E-state index in [1.165, 1.54) is 6.07 Å². The van der Waals surface area contributed by atoms with Crippen molar-refractivity contribution in [2.45, 2.75) is 24.8 Å². The highest BCUT2D eigenvalue weighted by Gasteiger charge is 2.34. The number of carbonyl (C=O) groups is 1. The molecule has 0 spiro atoms. The Morgan fingerprint density at radius 3 is 2.27 bits per heavy atom. The van der Waals surface area contributed by atoms with E-state index >= 15 is 0 Å². The summed E-state index contributed by atoms with van der Waals surface area (Å²) in [6, 6.07) is 15.0. The second kappa shape index (κ2) is 7.38. The highest BCUT2D eigenvalue weighted by molar-refractivity contribution is 6.10. The molecule has 1 aliphatic rings. The van der Waals surface area contributed by atoms with Gasteiger partial charge in [0.2, 0.25) is 0 Å². The summed E-state index contributed by atoms with van der Waals surface area (Å²) in [7, 11) is 0. The van der Waals surface area contributed by atoms with Crippen LogP contribution < -0.4 is 11.1 Å². The van der Waals surface area contributed by atoms with Crippen molar-refractivity contribution in [2.24, 2.45) is 5.73 Å². The number of halogens is 3. The van der Waals surface area contributed by atoms with Crippen LogP contribution in [-0.4, -0.2) is 10.9 Å². The standard InChI is InChI=1S/C23H19F2N3O.ClH/c24-18-11-17-16-7-6-15(10-20(16)28-21(17)12-19(18)25)27-22(29)13-2-4-14(5-3-13)23(26)8-1-9-23;/h2-7,10-12,28H,1,8-9,26H2,(H,27,29);1H. The Morgan fingerprint density at radius 2 is 1.60 bits per heavy atom. The van der Waals surface area contributed by atoms with Gasteiger partial charge < -0.3 is 16.0 Å². The minimum absolute atomic E-state index is 0. The zero-order valence-corrected chi connectivity index (χ0v) is 16.8. The summed E-state index contributed by atoms with van der Waals surface area (Å²) in [4.78, 5) is 15.7. The molecule has 0 bridgehead atoms. The van der Waals surface area contributed by atoms with E-state index in [-0.39, 0.29) is 23.9 Å². The van der Waals surface area contributed by atoms with Crippen molar-refractivity contribution in [3.63, 3.8) is 0 Å². The molecule has 4 nitrogen and oxygen atoms in total. The van der Waals surface area contributed by atoms with Crippen molar-refractivity contribution < 1.29 is 13.6 Å². The predicted molar refractivity (Wildman–Crippen MR) is 117 cm³/mol. The minimum atomic E-state index is -0.901. The first kappa shape index (κ1) is 20.3. The second-order valence-electron chi connectivity index (χ2n) is 7.74. The first-order chi connectivity index (χ1) is 13.9. The van der Waals surface area contributed by atoms with Crippen LogP contribution in [0.3, 0.4) is 0 Å². The van der Waals surface area contributed by atoms with E-state index < -0.39 is 11.6 Å². The number of nitrogens with two attached hydrogens (primary N) is 1. The first-order valence-corrected chi connectivity index (χ1v) is 9.54. The Balaban J connectivity index is 0.00000218. The number of fused-ring (bicyclic) bond motifs is 3. The normalized spacial score (nSPS) is 14.9. The van der Waals surface area contributed by atoms with Crippen molar-refractivity contribution >= 4 is 45.8 Å². The quantitative estimate of drug-likeness (QED) is 0.397. The highest BCUT2D eigenvalue weighted by atomic mass is 35.5. The Hall–Kier alpha value is -2.96. The Labute approximate surface area is 177 Å². The lowest BCUT2D eigenvalue weighted by atomic mass is 9.73. The van der Waals surface area contributed by atoms with Gasteiger partial charge >= 0.3 is 0 Å². The molecule has 5 rings (SSSR count). The van der Waals surface area contributed by atoms with E-state index in [4.69, 9.17) is 5.73 Å². The van der Waals surface area contributed by atoms with E-state index in [0.29, 0.717) is 27.7 Å². The molecule has 4 N–H and O–H groups in total. The van der Waals surface area contributed by atoms with Crippen molar-refractivity contribution in [3.05, 3.63) is 77.4 Å². The molecule has 1 aromatic heterocycles. The topological polar surface area (TPSA) is 70.9 Å². The summed E-state index contributed by atoms with van der Waals surface area (Å²) in [5.41, 5.74) is 9.45. The van der Waals surface area contributed by atoms with Crippen LogP contribution in [0.15, 0.2) is 54.6 Å². The Bertz CT molecular complexity index is 1260. The number of aromatic nitrogens is 1. The molecule has 0 saturated heterocycles. The van der Waals surface area contributed by atoms with E-state index in [1.807, 2.05) is 12.1 Å². The Morgan fingerprint density at radius 1 is 0.933 bits per heavy atom. The SMILES string of the molecule is Cl.NC1(c2ccc(C(=O)Nc3ccc4c(c3)[nH]c3cc(F)c(F)cc34)cc2)CCC1. The van der Waals surface area contributed by atoms with Crippen LogP contribution in [0.1, 0.15) is 35.2 Å². The monoisotopic (exact) mass is 427 g/mol. The van der Waals surface area contributed by atoms with Crippen LogP contribution in [0.5, 0.6) is 0 Å². The number of rotatable bonds is 3. The van der Waals surface area contributed by atoms with Gasteiger partial charge in [-0.05, 0) is 55.2 Å². The van der Waals surface area contributed by atoms with Gasteiger partial charge in [-0.25, -0.2) is 8.78 Å². The molecule has 0 unspecified atom stereocenters. The molecule has 4 aromatic rings. The predicted octanol–water partition coefficient (Wildman–Crippen LogP) is 5.61. The number of benzene rings is 3. The lowest BCUT2D eigenvalue weighted by Gasteiger charge is -2.38. The van der Waals surface area contributed by atoms with E-state index in [0.717, 1.165) is 36.3 Å². The first-order valence-electron chi connectivity index (χ1n) is 9.54. The molecule has 7 heteroatoms. The summed E-state index contributed by atoms with van der Waals surface area (Å²) >= 11 is 0. The van der Waals surface area contributed by atoms with Crippen molar-refractivity contribution in [1.29, 1.82) is 0 Å². The number of hydrogen-bond acceptors (Lipinski definition) is 2. The van der Waals surface area contributed by atoms with Gasteiger partial charge in [0.05, 0.1) is 0 Å². The molecule has 0 atom stereocenters. The van der Waals surface area contributed by atoms with Crippen LogP contribution in [0.25, 0.3) is 21.8 Å². The van der Waals surface area contributed by atoms with E-state index in [9.17, 15) is 13.6 Å². The largest absolute Gasteiger partial charge is 0.354 e. The number of anilines is 1. The molecular formula is C23H20ClF2N3O. The molecule has 0 radical (unpaired) electrons. The number of carbonyl (C=O) groups excluding carboxylic acids is 1. The number of aromatic amines is 1. The van der Waals surface area contributed by atoms with Gasteiger partial charge in [-0.2, -0.15) is 0 Å². The second-order valence-corrected chi connectivity index (χ2v) is 7.74. The van der Waals surface area contributed by atoms with Crippen LogP contribution >= 0.6 is 12.4 Å². The fourth-order valence-corrected chi connectivity index (χ4v) is 3.98.